The second-order valence-corrected chi connectivity index (χ2v) is 4.32. The highest BCUT2D eigenvalue weighted by atomic mass is 16.1. The van der Waals surface area contributed by atoms with Crippen molar-refractivity contribution in [1.82, 2.24) is 0 Å². The molecule has 2 aliphatic carbocycles. The van der Waals surface area contributed by atoms with Gasteiger partial charge in [0.25, 0.3) is 0 Å². The summed E-state index contributed by atoms with van der Waals surface area (Å²) in [6.45, 7) is 0. The molecule has 0 saturated carbocycles. The Bertz CT molecular complexity index is 676. The summed E-state index contributed by atoms with van der Waals surface area (Å²) >= 11 is 0. The second-order valence-electron chi connectivity index (χ2n) is 4.32. The van der Waals surface area contributed by atoms with Gasteiger partial charge in [0.15, 0.2) is 0 Å². The predicted octanol–water partition coefficient (Wildman–Crippen LogP) is 2.94. The van der Waals surface area contributed by atoms with Gasteiger partial charge in [0.05, 0.1) is 5.71 Å². The van der Waals surface area contributed by atoms with Crippen LogP contribution in [-0.4, -0.2) is 17.2 Å². The maximum Gasteiger partial charge on any atom is 0.206 e. The zero-order valence-electron chi connectivity index (χ0n) is 10.3. The van der Waals surface area contributed by atoms with E-state index in [1.807, 2.05) is 54.6 Å². The topological polar surface area (TPSA) is 41.8 Å². The molecule has 0 unspecified atom stereocenters. The Kier molecular flexibility index (Phi) is 3.02. The van der Waals surface area contributed by atoms with Crippen LogP contribution in [0.4, 0.5) is 0 Å². The van der Waals surface area contributed by atoms with Gasteiger partial charge in [0.1, 0.15) is 5.71 Å². The van der Waals surface area contributed by atoms with E-state index in [-0.39, 0.29) is 5.78 Å². The van der Waals surface area contributed by atoms with Gasteiger partial charge < -0.3 is 0 Å². The Morgan fingerprint density at radius 1 is 0.947 bits per heavy atom. The fourth-order valence-electron chi connectivity index (χ4n) is 2.03. The van der Waals surface area contributed by atoms with Gasteiger partial charge in [-0.3, -0.25) is 4.79 Å². The van der Waals surface area contributed by atoms with Crippen LogP contribution in [0.3, 0.4) is 0 Å². The third kappa shape index (κ3) is 2.36. The molecule has 2 aliphatic rings. The van der Waals surface area contributed by atoms with Gasteiger partial charge in [-0.15, -0.1) is 5.10 Å². The van der Waals surface area contributed by atoms with Crippen LogP contribution >= 0.6 is 0 Å². The molecule has 0 amide bonds. The van der Waals surface area contributed by atoms with Crippen LogP contribution in [0.25, 0.3) is 6.08 Å². The highest BCUT2D eigenvalue weighted by Gasteiger charge is 2.18. The van der Waals surface area contributed by atoms with Gasteiger partial charge in [0, 0.05) is 12.0 Å². The lowest BCUT2D eigenvalue weighted by Crippen LogP contribution is -2.17. The normalized spacial score (nSPS) is 21.2. The van der Waals surface area contributed by atoms with Crippen molar-refractivity contribution in [1.29, 1.82) is 0 Å². The number of nitrogens with zero attached hydrogens (tertiary/aromatic N) is 2. The molecule has 3 nitrogen and oxygen atoms in total. The molecule has 0 bridgehead atoms. The van der Waals surface area contributed by atoms with Crippen LogP contribution in [0.15, 0.2) is 64.8 Å². The Morgan fingerprint density at radius 3 is 2.68 bits per heavy atom. The van der Waals surface area contributed by atoms with Gasteiger partial charge >= 0.3 is 0 Å². The zero-order valence-corrected chi connectivity index (χ0v) is 10.3. The van der Waals surface area contributed by atoms with E-state index in [0.29, 0.717) is 5.71 Å². The SMILES string of the molecule is O=C1C=Cc2ccccc2/C1=N\N=C1\C=CC=CC1. The van der Waals surface area contributed by atoms with Gasteiger partial charge in [-0.25, -0.2) is 0 Å². The molecule has 0 saturated heterocycles. The molecule has 0 aliphatic heterocycles. The quantitative estimate of drug-likeness (QED) is 0.704. The molecule has 1 aromatic carbocycles. The molecular formula is C16H12N2O. The molecule has 0 fully saturated rings. The van der Waals surface area contributed by atoms with Crippen molar-refractivity contribution in [2.75, 3.05) is 0 Å². The molecule has 0 N–H and O–H groups in total. The number of carbonyl (C=O) groups excluding carboxylic acids is 1. The lowest BCUT2D eigenvalue weighted by Gasteiger charge is -2.10. The molecular weight excluding hydrogens is 236 g/mol. The molecule has 0 spiro atoms. The van der Waals surface area contributed by atoms with Crippen molar-refractivity contribution in [2.24, 2.45) is 10.2 Å². The summed E-state index contributed by atoms with van der Waals surface area (Å²) < 4.78 is 0. The molecule has 3 rings (SSSR count). The summed E-state index contributed by atoms with van der Waals surface area (Å²) in [6, 6.07) is 7.70. The van der Waals surface area contributed by atoms with E-state index < -0.39 is 0 Å². The number of hydrogen-bond donors (Lipinski definition) is 0. The minimum absolute atomic E-state index is 0.0987. The van der Waals surface area contributed by atoms with Crippen molar-refractivity contribution in [3.05, 3.63) is 65.8 Å². The van der Waals surface area contributed by atoms with E-state index in [1.54, 1.807) is 0 Å². The van der Waals surface area contributed by atoms with Crippen LogP contribution in [0.2, 0.25) is 0 Å². The Morgan fingerprint density at radius 2 is 1.84 bits per heavy atom. The van der Waals surface area contributed by atoms with Crippen molar-refractivity contribution in [3.63, 3.8) is 0 Å². The number of carbonyl (C=O) groups is 1. The first-order valence-corrected chi connectivity index (χ1v) is 6.14. The van der Waals surface area contributed by atoms with Crippen LogP contribution in [0.1, 0.15) is 17.5 Å². The lowest BCUT2D eigenvalue weighted by atomic mass is 9.95. The monoisotopic (exact) mass is 248 g/mol. The fraction of sp³-hybridized carbons (Fsp3) is 0.0625. The summed E-state index contributed by atoms with van der Waals surface area (Å²) in [4.78, 5) is 11.9. The first-order chi connectivity index (χ1) is 9.34. The largest absolute Gasteiger partial charge is 0.287 e. The first kappa shape index (κ1) is 11.5. The number of allylic oxidation sites excluding steroid dienone is 5. The third-order valence-corrected chi connectivity index (χ3v) is 3.00. The second kappa shape index (κ2) is 4.98. The molecule has 1 aromatic rings. The highest BCUT2D eigenvalue weighted by Crippen LogP contribution is 2.18. The van der Waals surface area contributed by atoms with Crippen molar-refractivity contribution < 1.29 is 4.79 Å². The molecule has 19 heavy (non-hydrogen) atoms. The van der Waals surface area contributed by atoms with Crippen LogP contribution in [0, 0.1) is 0 Å². The number of benzene rings is 1. The molecule has 0 heterocycles. The van der Waals surface area contributed by atoms with Crippen LogP contribution in [0.5, 0.6) is 0 Å². The number of fused-ring (bicyclic) bond motifs is 1. The summed E-state index contributed by atoms with van der Waals surface area (Å²) in [7, 11) is 0. The van der Waals surface area contributed by atoms with Crippen molar-refractivity contribution in [3.8, 4) is 0 Å². The highest BCUT2D eigenvalue weighted by molar-refractivity contribution is 6.52. The van der Waals surface area contributed by atoms with Crippen LogP contribution < -0.4 is 0 Å². The van der Waals surface area contributed by atoms with E-state index in [1.165, 1.54) is 6.08 Å². The smallest absolute Gasteiger partial charge is 0.206 e. The molecule has 0 aromatic heterocycles. The maximum atomic E-state index is 11.9. The van der Waals surface area contributed by atoms with Crippen molar-refractivity contribution >= 4 is 23.3 Å². The Balaban J connectivity index is 2.00. The average molecular weight is 248 g/mol. The van der Waals surface area contributed by atoms with E-state index in [9.17, 15) is 4.79 Å². The maximum absolute atomic E-state index is 11.9. The number of rotatable bonds is 1. The molecule has 0 atom stereocenters. The third-order valence-electron chi connectivity index (χ3n) is 3.00. The minimum atomic E-state index is -0.0987. The summed E-state index contributed by atoms with van der Waals surface area (Å²) in [6.07, 6.45) is 11.9. The standard InChI is InChI=1S/C16H12N2O/c19-15-11-10-12-6-4-5-9-14(12)16(15)18-17-13-7-2-1-3-8-13/h1-7,9-11H,8H2/b17-13-,18-16+. The van der Waals surface area contributed by atoms with E-state index >= 15 is 0 Å². The van der Waals surface area contributed by atoms with Gasteiger partial charge in [-0.05, 0) is 17.7 Å². The Labute approximate surface area is 111 Å². The molecule has 3 heteroatoms. The van der Waals surface area contributed by atoms with Crippen molar-refractivity contribution in [2.45, 2.75) is 6.42 Å². The van der Waals surface area contributed by atoms with E-state index in [2.05, 4.69) is 10.2 Å². The molecule has 0 radical (unpaired) electrons. The zero-order chi connectivity index (χ0) is 13.1. The van der Waals surface area contributed by atoms with Gasteiger partial charge in [0.2, 0.25) is 5.78 Å². The first-order valence-electron chi connectivity index (χ1n) is 6.14. The van der Waals surface area contributed by atoms with Crippen LogP contribution in [-0.2, 0) is 4.79 Å². The molecule has 92 valence electrons. The minimum Gasteiger partial charge on any atom is -0.287 e. The summed E-state index contributed by atoms with van der Waals surface area (Å²) in [5, 5.41) is 8.32. The van der Waals surface area contributed by atoms with Gasteiger partial charge in [-0.1, -0.05) is 48.6 Å². The average Bonchev–Trinajstić information content (AvgIpc) is 2.47. The Hall–Kier alpha value is -2.55. The van der Waals surface area contributed by atoms with E-state index in [0.717, 1.165) is 23.3 Å². The number of hydrogen-bond acceptors (Lipinski definition) is 3. The fourth-order valence-corrected chi connectivity index (χ4v) is 2.03. The van der Waals surface area contributed by atoms with Gasteiger partial charge in [-0.2, -0.15) is 5.10 Å². The summed E-state index contributed by atoms with van der Waals surface area (Å²) in [5.74, 6) is -0.0987. The summed E-state index contributed by atoms with van der Waals surface area (Å²) in [5.41, 5.74) is 3.11. The predicted molar refractivity (Wildman–Crippen MR) is 77.4 cm³/mol. The lowest BCUT2D eigenvalue weighted by molar-refractivity contribution is -0.108. The number of ketones is 1. The van der Waals surface area contributed by atoms with E-state index in [4.69, 9.17) is 0 Å².